The molecule has 0 unspecified atom stereocenters. The maximum atomic E-state index is 9.67. The summed E-state index contributed by atoms with van der Waals surface area (Å²) >= 11 is 0. The fourth-order valence-electron chi connectivity index (χ4n) is 1.77. The summed E-state index contributed by atoms with van der Waals surface area (Å²) in [6, 6.07) is 9.62. The lowest BCUT2D eigenvalue weighted by molar-refractivity contribution is -1.03. The summed E-state index contributed by atoms with van der Waals surface area (Å²) < 4.78 is 4.82. The predicted molar refractivity (Wildman–Crippen MR) is 62.5 cm³/mol. The fourth-order valence-corrected chi connectivity index (χ4v) is 1.77. The minimum absolute atomic E-state index is 0.0907. The molecule has 0 aliphatic rings. The topological polar surface area (TPSA) is 50.1 Å². The summed E-state index contributed by atoms with van der Waals surface area (Å²) in [6.07, 6.45) is 0.744. The first-order valence-corrected chi connectivity index (χ1v) is 5.63. The summed E-state index contributed by atoms with van der Waals surface area (Å²) in [5.74, 6) is 0. The molecule has 1 aromatic heterocycles. The number of nitrogens with zero attached hydrogens (tertiary/aromatic N) is 2. The third-order valence-corrected chi connectivity index (χ3v) is 2.44. The molecule has 1 N–H and O–H groups in total. The van der Waals surface area contributed by atoms with Crippen LogP contribution in [0.5, 0.6) is 0 Å². The number of benzene rings is 1. The van der Waals surface area contributed by atoms with Gasteiger partial charge in [-0.1, -0.05) is 51.1 Å². The minimum Gasteiger partial charge on any atom is -0.316 e. The molecule has 0 saturated carbocycles. The molecule has 90 valence electrons. The molecule has 2 rings (SSSR count). The molecule has 0 fully saturated rings. The number of aromatic nitrogens is 2. The lowest BCUT2D eigenvalue weighted by Gasteiger charge is -2.13. The van der Waals surface area contributed by atoms with Crippen LogP contribution >= 0.6 is 0 Å². The van der Waals surface area contributed by atoms with Crippen molar-refractivity contribution >= 4 is 0 Å². The normalized spacial score (nSPS) is 11.7. The zero-order valence-electron chi connectivity index (χ0n) is 10.3. The van der Waals surface area contributed by atoms with Crippen LogP contribution in [0.3, 0.4) is 0 Å². The molecule has 4 heteroatoms. The highest BCUT2D eigenvalue weighted by Gasteiger charge is 2.29. The standard InChI is InChI=1S/C13H17N2O2/c1-13(2,3)9-11-12(15(16)17-14-11)10-7-5-4-6-8-10/h4-8,16H,9H2,1-3H3/q+1. The van der Waals surface area contributed by atoms with Gasteiger partial charge in [-0.3, -0.25) is 0 Å². The number of rotatable bonds is 2. The number of hydrogen-bond acceptors (Lipinski definition) is 3. The Morgan fingerprint density at radius 3 is 2.47 bits per heavy atom. The SMILES string of the molecule is CC(C)(C)Cc1no[n+](O)c1-c1ccccc1. The molecule has 4 nitrogen and oxygen atoms in total. The largest absolute Gasteiger partial charge is 0.316 e. The van der Waals surface area contributed by atoms with Crippen LogP contribution in [-0.2, 0) is 6.42 Å². The van der Waals surface area contributed by atoms with Crippen LogP contribution < -0.4 is 4.90 Å². The Morgan fingerprint density at radius 1 is 1.24 bits per heavy atom. The van der Waals surface area contributed by atoms with Gasteiger partial charge in [0, 0.05) is 12.0 Å². The highest BCUT2D eigenvalue weighted by Crippen LogP contribution is 2.25. The summed E-state index contributed by atoms with van der Waals surface area (Å²) in [4.78, 5) is 0.733. The van der Waals surface area contributed by atoms with Crippen LogP contribution in [0.1, 0.15) is 26.5 Å². The van der Waals surface area contributed by atoms with Gasteiger partial charge >= 0.3 is 0 Å². The molecular formula is C13H17N2O2+. The average Bonchev–Trinajstić information content (AvgIpc) is 2.58. The Kier molecular flexibility index (Phi) is 2.88. The molecule has 1 aromatic carbocycles. The molecule has 17 heavy (non-hydrogen) atoms. The van der Waals surface area contributed by atoms with Gasteiger partial charge in [0.1, 0.15) is 4.90 Å². The van der Waals surface area contributed by atoms with E-state index >= 15 is 0 Å². The summed E-state index contributed by atoms with van der Waals surface area (Å²) in [6.45, 7) is 6.37. The van der Waals surface area contributed by atoms with E-state index in [1.807, 2.05) is 30.3 Å². The summed E-state index contributed by atoms with van der Waals surface area (Å²) in [5, 5.41) is 13.6. The first kappa shape index (κ1) is 11.6. The average molecular weight is 233 g/mol. The summed E-state index contributed by atoms with van der Waals surface area (Å²) in [5.41, 5.74) is 2.38. The van der Waals surface area contributed by atoms with Crippen molar-refractivity contribution in [1.29, 1.82) is 0 Å². The Bertz CT molecular complexity index is 498. The van der Waals surface area contributed by atoms with Gasteiger partial charge < -0.3 is 5.21 Å². The monoisotopic (exact) mass is 233 g/mol. The van der Waals surface area contributed by atoms with Gasteiger partial charge in [0.2, 0.25) is 0 Å². The van der Waals surface area contributed by atoms with Crippen LogP contribution in [0, 0.1) is 5.41 Å². The molecule has 1 heterocycles. The first-order chi connectivity index (χ1) is 7.97. The van der Waals surface area contributed by atoms with Gasteiger partial charge in [-0.15, -0.1) is 0 Å². The highest BCUT2D eigenvalue weighted by molar-refractivity contribution is 5.57. The van der Waals surface area contributed by atoms with E-state index in [2.05, 4.69) is 25.9 Å². The predicted octanol–water partition coefficient (Wildman–Crippen LogP) is 2.46. The van der Waals surface area contributed by atoms with Crippen molar-refractivity contribution in [3.63, 3.8) is 0 Å². The second-order valence-electron chi connectivity index (χ2n) is 5.34. The number of hydrogen-bond donors (Lipinski definition) is 1. The smallest absolute Gasteiger partial charge is 0.275 e. The third kappa shape index (κ3) is 2.64. The Balaban J connectivity index is 2.44. The Labute approximate surface area is 100 Å². The summed E-state index contributed by atoms with van der Waals surface area (Å²) in [7, 11) is 0. The van der Waals surface area contributed by atoms with E-state index in [1.165, 1.54) is 0 Å². The van der Waals surface area contributed by atoms with Gasteiger partial charge in [0.15, 0.2) is 5.16 Å². The molecular weight excluding hydrogens is 216 g/mol. The van der Waals surface area contributed by atoms with Crippen LogP contribution in [0.2, 0.25) is 0 Å². The van der Waals surface area contributed by atoms with E-state index in [0.717, 1.165) is 22.6 Å². The van der Waals surface area contributed by atoms with Gasteiger partial charge in [0.25, 0.3) is 11.4 Å². The van der Waals surface area contributed by atoms with Crippen LogP contribution in [0.15, 0.2) is 35.0 Å². The van der Waals surface area contributed by atoms with E-state index in [-0.39, 0.29) is 5.41 Å². The van der Waals surface area contributed by atoms with Crippen molar-refractivity contribution in [2.75, 3.05) is 0 Å². The van der Waals surface area contributed by atoms with E-state index in [4.69, 9.17) is 4.63 Å². The van der Waals surface area contributed by atoms with Crippen molar-refractivity contribution < 1.29 is 14.7 Å². The van der Waals surface area contributed by atoms with E-state index < -0.39 is 0 Å². The van der Waals surface area contributed by atoms with Crippen molar-refractivity contribution in [2.45, 2.75) is 27.2 Å². The third-order valence-electron chi connectivity index (χ3n) is 2.44. The van der Waals surface area contributed by atoms with Crippen molar-refractivity contribution in [3.8, 4) is 11.3 Å². The molecule has 0 bridgehead atoms. The molecule has 0 saturated heterocycles. The zero-order valence-corrected chi connectivity index (χ0v) is 10.3. The van der Waals surface area contributed by atoms with Gasteiger partial charge in [-0.2, -0.15) is 0 Å². The molecule has 0 radical (unpaired) electrons. The van der Waals surface area contributed by atoms with Crippen LogP contribution in [-0.4, -0.2) is 10.4 Å². The van der Waals surface area contributed by atoms with E-state index in [0.29, 0.717) is 5.69 Å². The van der Waals surface area contributed by atoms with Crippen molar-refractivity contribution in [3.05, 3.63) is 36.0 Å². The maximum Gasteiger partial charge on any atom is 0.275 e. The molecule has 0 spiro atoms. The molecule has 2 aromatic rings. The van der Waals surface area contributed by atoms with Gasteiger partial charge in [-0.25, -0.2) is 0 Å². The fraction of sp³-hybridized carbons (Fsp3) is 0.385. The Morgan fingerprint density at radius 2 is 1.88 bits per heavy atom. The van der Waals surface area contributed by atoms with E-state index in [1.54, 1.807) is 0 Å². The lowest BCUT2D eigenvalue weighted by atomic mass is 9.89. The quantitative estimate of drug-likeness (QED) is 0.810. The van der Waals surface area contributed by atoms with Crippen LogP contribution in [0.4, 0.5) is 0 Å². The second-order valence-corrected chi connectivity index (χ2v) is 5.34. The molecule has 0 aliphatic carbocycles. The molecule has 0 aliphatic heterocycles. The van der Waals surface area contributed by atoms with Crippen LogP contribution in [0.25, 0.3) is 11.3 Å². The van der Waals surface area contributed by atoms with Crippen molar-refractivity contribution in [2.24, 2.45) is 5.41 Å². The minimum atomic E-state index is 0.0907. The highest BCUT2D eigenvalue weighted by atomic mass is 16.8. The van der Waals surface area contributed by atoms with Gasteiger partial charge in [0.05, 0.1) is 0 Å². The lowest BCUT2D eigenvalue weighted by Crippen LogP contribution is -2.30. The maximum absolute atomic E-state index is 9.67. The van der Waals surface area contributed by atoms with E-state index in [9.17, 15) is 5.21 Å². The Hall–Kier alpha value is -1.84. The zero-order chi connectivity index (χ0) is 12.5. The first-order valence-electron chi connectivity index (χ1n) is 5.63. The molecule has 0 amide bonds. The van der Waals surface area contributed by atoms with Crippen molar-refractivity contribution in [1.82, 2.24) is 5.16 Å². The van der Waals surface area contributed by atoms with Gasteiger partial charge in [-0.05, 0) is 10.0 Å². The second kappa shape index (κ2) is 4.20. The molecule has 0 atom stereocenters.